The average molecular weight is 256 g/mol. The zero-order valence-electron chi connectivity index (χ0n) is 10.8. The van der Waals surface area contributed by atoms with E-state index >= 15 is 0 Å². The Kier molecular flexibility index (Phi) is 5.41. The highest BCUT2D eigenvalue weighted by Crippen LogP contribution is 2.14. The normalized spacial score (nSPS) is 12.4. The molecule has 98 valence electrons. The molecule has 0 aliphatic heterocycles. The lowest BCUT2D eigenvalue weighted by molar-refractivity contribution is -0.112. The minimum atomic E-state index is -0.307. The van der Waals surface area contributed by atoms with Crippen molar-refractivity contribution in [1.82, 2.24) is 4.98 Å². The maximum atomic E-state index is 11.8. The molecule has 0 saturated heterocycles. The van der Waals surface area contributed by atoms with Gasteiger partial charge in [-0.1, -0.05) is 44.4 Å². The third-order valence-corrected chi connectivity index (χ3v) is 2.54. The molecule has 0 fully saturated rings. The van der Waals surface area contributed by atoms with Crippen LogP contribution in [0.4, 0.5) is 5.82 Å². The van der Waals surface area contributed by atoms with E-state index in [1.807, 2.05) is 0 Å². The SMILES string of the molecule is C=C/C=C(\C=C)C(=O)Nc1ccc(C(C)C=O)cn1. The van der Waals surface area contributed by atoms with Gasteiger partial charge in [0, 0.05) is 17.7 Å². The number of allylic oxidation sites excluding steroid dienone is 2. The van der Waals surface area contributed by atoms with Gasteiger partial charge in [-0.3, -0.25) is 4.79 Å². The molecule has 0 aliphatic rings. The summed E-state index contributed by atoms with van der Waals surface area (Å²) in [4.78, 5) is 26.5. The van der Waals surface area contributed by atoms with E-state index in [0.717, 1.165) is 11.8 Å². The number of nitrogens with one attached hydrogen (secondary N) is 1. The first-order valence-electron chi connectivity index (χ1n) is 5.80. The molecule has 0 spiro atoms. The van der Waals surface area contributed by atoms with Crippen LogP contribution in [-0.2, 0) is 9.59 Å². The van der Waals surface area contributed by atoms with E-state index < -0.39 is 0 Å². The quantitative estimate of drug-likeness (QED) is 0.483. The molecule has 0 bridgehead atoms. The molecule has 0 radical (unpaired) electrons. The number of anilines is 1. The van der Waals surface area contributed by atoms with Gasteiger partial charge in [0.2, 0.25) is 0 Å². The van der Waals surface area contributed by atoms with Gasteiger partial charge in [-0.05, 0) is 11.6 Å². The Balaban J connectivity index is 2.80. The molecule has 19 heavy (non-hydrogen) atoms. The molecular weight excluding hydrogens is 240 g/mol. The Morgan fingerprint density at radius 2 is 2.16 bits per heavy atom. The van der Waals surface area contributed by atoms with Crippen LogP contribution in [0.5, 0.6) is 0 Å². The van der Waals surface area contributed by atoms with Crippen molar-refractivity contribution in [2.45, 2.75) is 12.8 Å². The van der Waals surface area contributed by atoms with Crippen molar-refractivity contribution < 1.29 is 9.59 Å². The summed E-state index contributed by atoms with van der Waals surface area (Å²) in [5, 5.41) is 2.64. The van der Waals surface area contributed by atoms with Crippen LogP contribution in [0.1, 0.15) is 18.4 Å². The minimum Gasteiger partial charge on any atom is -0.307 e. The first kappa shape index (κ1) is 14.6. The standard InChI is InChI=1S/C15H16N2O2/c1-4-6-12(5-2)15(19)17-14-8-7-13(9-16-14)11(3)10-18/h4-11H,1-2H2,3H3,(H,16,17,19)/b12-6+. The summed E-state index contributed by atoms with van der Waals surface area (Å²) in [7, 11) is 0. The van der Waals surface area contributed by atoms with Crippen molar-refractivity contribution in [2.75, 3.05) is 5.32 Å². The monoisotopic (exact) mass is 256 g/mol. The maximum absolute atomic E-state index is 11.8. The van der Waals surface area contributed by atoms with Crippen LogP contribution in [0, 0.1) is 0 Å². The van der Waals surface area contributed by atoms with E-state index in [2.05, 4.69) is 23.5 Å². The number of rotatable bonds is 6. The Hall–Kier alpha value is -2.49. The number of pyridine rings is 1. The van der Waals surface area contributed by atoms with Crippen LogP contribution >= 0.6 is 0 Å². The molecule has 0 saturated carbocycles. The van der Waals surface area contributed by atoms with E-state index in [0.29, 0.717) is 11.4 Å². The molecule has 0 aliphatic carbocycles. The van der Waals surface area contributed by atoms with Crippen molar-refractivity contribution >= 4 is 18.0 Å². The summed E-state index contributed by atoms with van der Waals surface area (Å²) in [6.45, 7) is 8.86. The fourth-order valence-corrected chi connectivity index (χ4v) is 1.38. The van der Waals surface area contributed by atoms with Crippen molar-refractivity contribution in [3.05, 3.63) is 60.9 Å². The van der Waals surface area contributed by atoms with Gasteiger partial charge in [0.05, 0.1) is 0 Å². The summed E-state index contributed by atoms with van der Waals surface area (Å²) in [5.74, 6) is -0.0936. The highest BCUT2D eigenvalue weighted by molar-refractivity contribution is 6.05. The fraction of sp³-hybridized carbons (Fsp3) is 0.133. The first-order chi connectivity index (χ1) is 9.12. The van der Waals surface area contributed by atoms with E-state index in [-0.39, 0.29) is 11.8 Å². The Labute approximate surface area is 112 Å². The van der Waals surface area contributed by atoms with Gasteiger partial charge in [0.1, 0.15) is 12.1 Å². The number of aromatic nitrogens is 1. The van der Waals surface area contributed by atoms with Crippen LogP contribution in [0.25, 0.3) is 0 Å². The van der Waals surface area contributed by atoms with Gasteiger partial charge in [-0.15, -0.1) is 0 Å². The van der Waals surface area contributed by atoms with Crippen LogP contribution < -0.4 is 5.32 Å². The molecule has 1 unspecified atom stereocenters. The summed E-state index contributed by atoms with van der Waals surface area (Å²) in [5.41, 5.74) is 1.21. The van der Waals surface area contributed by atoms with Crippen molar-refractivity contribution in [3.8, 4) is 0 Å². The number of hydrogen-bond acceptors (Lipinski definition) is 3. The van der Waals surface area contributed by atoms with Gasteiger partial charge in [-0.2, -0.15) is 0 Å². The molecule has 1 aromatic rings. The fourth-order valence-electron chi connectivity index (χ4n) is 1.38. The molecule has 1 amide bonds. The number of hydrogen-bond donors (Lipinski definition) is 1. The van der Waals surface area contributed by atoms with Gasteiger partial charge >= 0.3 is 0 Å². The number of carbonyl (C=O) groups is 2. The van der Waals surface area contributed by atoms with Crippen LogP contribution in [0.2, 0.25) is 0 Å². The predicted octanol–water partition coefficient (Wildman–Crippen LogP) is 2.62. The number of nitrogens with zero attached hydrogens (tertiary/aromatic N) is 1. The third kappa shape index (κ3) is 4.03. The molecule has 0 aromatic carbocycles. The molecule has 4 nitrogen and oxygen atoms in total. The Morgan fingerprint density at radius 1 is 1.42 bits per heavy atom. The topological polar surface area (TPSA) is 59.1 Å². The lowest BCUT2D eigenvalue weighted by Crippen LogP contribution is -2.14. The van der Waals surface area contributed by atoms with Crippen LogP contribution in [0.15, 0.2) is 55.3 Å². The molecule has 4 heteroatoms. The molecule has 1 rings (SSSR count). The van der Waals surface area contributed by atoms with Gasteiger partial charge in [-0.25, -0.2) is 4.98 Å². The molecule has 1 aromatic heterocycles. The van der Waals surface area contributed by atoms with Crippen LogP contribution in [0.3, 0.4) is 0 Å². The molecule has 1 heterocycles. The first-order valence-corrected chi connectivity index (χ1v) is 5.80. The number of aldehydes is 1. The Bertz CT molecular complexity index is 515. The highest BCUT2D eigenvalue weighted by atomic mass is 16.1. The maximum Gasteiger partial charge on any atom is 0.256 e. The van der Waals surface area contributed by atoms with E-state index in [9.17, 15) is 9.59 Å². The second kappa shape index (κ2) is 7.06. The van der Waals surface area contributed by atoms with Crippen molar-refractivity contribution in [3.63, 3.8) is 0 Å². The smallest absolute Gasteiger partial charge is 0.256 e. The summed E-state index contributed by atoms with van der Waals surface area (Å²) in [6, 6.07) is 3.41. The van der Waals surface area contributed by atoms with Gasteiger partial charge in [0.15, 0.2) is 0 Å². The lowest BCUT2D eigenvalue weighted by Gasteiger charge is -2.07. The van der Waals surface area contributed by atoms with E-state index in [1.54, 1.807) is 31.3 Å². The minimum absolute atomic E-state index is 0.207. The zero-order chi connectivity index (χ0) is 14.3. The zero-order valence-corrected chi connectivity index (χ0v) is 10.8. The van der Waals surface area contributed by atoms with Gasteiger partial charge in [0.25, 0.3) is 5.91 Å². The van der Waals surface area contributed by atoms with E-state index in [4.69, 9.17) is 0 Å². The van der Waals surface area contributed by atoms with Crippen molar-refractivity contribution in [1.29, 1.82) is 0 Å². The second-order valence-corrected chi connectivity index (χ2v) is 3.92. The Morgan fingerprint density at radius 3 is 2.63 bits per heavy atom. The summed E-state index contributed by atoms with van der Waals surface area (Å²) in [6.07, 6.45) is 6.93. The van der Waals surface area contributed by atoms with E-state index in [1.165, 1.54) is 12.2 Å². The predicted molar refractivity (Wildman–Crippen MR) is 75.8 cm³/mol. The van der Waals surface area contributed by atoms with Gasteiger partial charge < -0.3 is 10.1 Å². The summed E-state index contributed by atoms with van der Waals surface area (Å²) < 4.78 is 0. The summed E-state index contributed by atoms with van der Waals surface area (Å²) >= 11 is 0. The second-order valence-electron chi connectivity index (χ2n) is 3.92. The van der Waals surface area contributed by atoms with Crippen molar-refractivity contribution in [2.24, 2.45) is 0 Å². The lowest BCUT2D eigenvalue weighted by atomic mass is 10.1. The number of carbonyl (C=O) groups excluding carboxylic acids is 2. The largest absolute Gasteiger partial charge is 0.307 e. The third-order valence-electron chi connectivity index (χ3n) is 2.54. The average Bonchev–Trinajstić information content (AvgIpc) is 2.44. The molecule has 1 atom stereocenters. The highest BCUT2D eigenvalue weighted by Gasteiger charge is 2.08. The molecule has 1 N–H and O–H groups in total. The van der Waals surface area contributed by atoms with Crippen LogP contribution in [-0.4, -0.2) is 17.2 Å². The number of amides is 1. The molecular formula is C15H16N2O2.